The molecule has 2 N–H and O–H groups in total. The van der Waals surface area contributed by atoms with E-state index in [1.807, 2.05) is 0 Å². The first-order valence-electron chi connectivity index (χ1n) is 5.57. The molecule has 0 aliphatic heterocycles. The minimum atomic E-state index is -0.812. The number of aliphatic hydroxyl groups excluding tert-OH is 1. The molecule has 0 aromatic carbocycles. The zero-order valence-electron chi connectivity index (χ0n) is 9.72. The zero-order valence-corrected chi connectivity index (χ0v) is 9.72. The molecule has 3 unspecified atom stereocenters. The lowest BCUT2D eigenvalue weighted by Crippen LogP contribution is -2.40. The van der Waals surface area contributed by atoms with Gasteiger partial charge in [-0.2, -0.15) is 0 Å². The van der Waals surface area contributed by atoms with Gasteiger partial charge in [0.1, 0.15) is 0 Å². The highest BCUT2D eigenvalue weighted by atomic mass is 16.4. The van der Waals surface area contributed by atoms with Crippen LogP contribution in [0.3, 0.4) is 0 Å². The average molecular weight is 229 g/mol. The Balaban J connectivity index is 2.54. The average Bonchev–Trinajstić information content (AvgIpc) is 2.75. The van der Waals surface area contributed by atoms with Gasteiger partial charge < -0.3 is 15.1 Å². The molecule has 0 saturated heterocycles. The van der Waals surface area contributed by atoms with Gasteiger partial charge in [-0.3, -0.25) is 9.59 Å². The van der Waals surface area contributed by atoms with Crippen molar-refractivity contribution in [2.75, 3.05) is 13.7 Å². The molecule has 1 aliphatic carbocycles. The zero-order chi connectivity index (χ0) is 12.3. The SMILES string of the molecule is CC(CO)N(C)C(=O)C1CCC(C(=O)O)C1. The maximum Gasteiger partial charge on any atom is 0.306 e. The summed E-state index contributed by atoms with van der Waals surface area (Å²) in [5.74, 6) is -1.44. The van der Waals surface area contributed by atoms with Gasteiger partial charge in [0.25, 0.3) is 0 Å². The van der Waals surface area contributed by atoms with Gasteiger partial charge in [-0.05, 0) is 26.2 Å². The molecule has 5 heteroatoms. The highest BCUT2D eigenvalue weighted by molar-refractivity contribution is 5.81. The fourth-order valence-corrected chi connectivity index (χ4v) is 2.06. The van der Waals surface area contributed by atoms with Crippen molar-refractivity contribution < 1.29 is 19.8 Å². The van der Waals surface area contributed by atoms with Crippen molar-refractivity contribution >= 4 is 11.9 Å². The third kappa shape index (κ3) is 2.72. The van der Waals surface area contributed by atoms with Gasteiger partial charge in [-0.25, -0.2) is 0 Å². The van der Waals surface area contributed by atoms with E-state index >= 15 is 0 Å². The second kappa shape index (κ2) is 5.30. The molecular formula is C11H19NO4. The molecule has 92 valence electrons. The number of nitrogens with zero attached hydrogens (tertiary/aromatic N) is 1. The van der Waals surface area contributed by atoms with Crippen molar-refractivity contribution in [1.29, 1.82) is 0 Å². The molecule has 0 spiro atoms. The first-order chi connectivity index (χ1) is 7.47. The van der Waals surface area contributed by atoms with Crippen molar-refractivity contribution in [3.8, 4) is 0 Å². The minimum absolute atomic E-state index is 0.0506. The van der Waals surface area contributed by atoms with Crippen molar-refractivity contribution in [1.82, 2.24) is 4.90 Å². The van der Waals surface area contributed by atoms with Crippen LogP contribution in [0.15, 0.2) is 0 Å². The van der Waals surface area contributed by atoms with E-state index in [1.165, 1.54) is 4.90 Å². The molecule has 0 bridgehead atoms. The number of carboxylic acid groups (broad SMARTS) is 1. The fraction of sp³-hybridized carbons (Fsp3) is 0.818. The van der Waals surface area contributed by atoms with E-state index in [4.69, 9.17) is 10.2 Å². The summed E-state index contributed by atoms with van der Waals surface area (Å²) in [6.45, 7) is 1.69. The summed E-state index contributed by atoms with van der Waals surface area (Å²) < 4.78 is 0. The molecule has 1 aliphatic rings. The van der Waals surface area contributed by atoms with Crippen LogP contribution in [-0.4, -0.2) is 46.7 Å². The molecule has 0 aromatic heterocycles. The van der Waals surface area contributed by atoms with Gasteiger partial charge in [0.05, 0.1) is 18.6 Å². The van der Waals surface area contributed by atoms with Crippen LogP contribution in [0.2, 0.25) is 0 Å². The van der Waals surface area contributed by atoms with Crippen LogP contribution < -0.4 is 0 Å². The number of rotatable bonds is 4. The van der Waals surface area contributed by atoms with Crippen LogP contribution in [0.5, 0.6) is 0 Å². The van der Waals surface area contributed by atoms with E-state index in [0.29, 0.717) is 19.3 Å². The number of aliphatic hydroxyl groups is 1. The Morgan fingerprint density at radius 3 is 2.38 bits per heavy atom. The van der Waals surface area contributed by atoms with Crippen molar-refractivity contribution in [2.45, 2.75) is 32.2 Å². The maximum atomic E-state index is 11.9. The van der Waals surface area contributed by atoms with Gasteiger partial charge in [0.15, 0.2) is 0 Å². The predicted octanol–water partition coefficient (Wildman–Crippen LogP) is 0.326. The summed E-state index contributed by atoms with van der Waals surface area (Å²) in [6, 6.07) is -0.212. The Labute approximate surface area is 95.1 Å². The molecule has 1 amide bonds. The molecule has 3 atom stereocenters. The van der Waals surface area contributed by atoms with Gasteiger partial charge in [-0.1, -0.05) is 0 Å². The quantitative estimate of drug-likeness (QED) is 0.728. The summed E-state index contributed by atoms with van der Waals surface area (Å²) in [5, 5.41) is 17.8. The number of hydrogen-bond acceptors (Lipinski definition) is 3. The van der Waals surface area contributed by atoms with E-state index in [-0.39, 0.29) is 30.4 Å². The molecule has 0 aromatic rings. The van der Waals surface area contributed by atoms with Gasteiger partial charge in [0.2, 0.25) is 5.91 Å². The topological polar surface area (TPSA) is 77.8 Å². The van der Waals surface area contributed by atoms with Crippen LogP contribution in [0.25, 0.3) is 0 Å². The van der Waals surface area contributed by atoms with E-state index < -0.39 is 5.97 Å². The number of aliphatic carboxylic acids is 1. The van der Waals surface area contributed by atoms with Crippen LogP contribution in [0.1, 0.15) is 26.2 Å². The molecule has 1 fully saturated rings. The largest absolute Gasteiger partial charge is 0.481 e. The molecule has 16 heavy (non-hydrogen) atoms. The minimum Gasteiger partial charge on any atom is -0.481 e. The van der Waals surface area contributed by atoms with Crippen molar-refractivity contribution in [3.63, 3.8) is 0 Å². The standard InChI is InChI=1S/C11H19NO4/c1-7(6-13)12(2)10(14)8-3-4-9(5-8)11(15)16/h7-9,13H,3-6H2,1-2H3,(H,15,16). The van der Waals surface area contributed by atoms with E-state index in [0.717, 1.165) is 0 Å². The summed E-state index contributed by atoms with van der Waals surface area (Å²) in [5.41, 5.74) is 0. The monoisotopic (exact) mass is 229 g/mol. The summed E-state index contributed by atoms with van der Waals surface area (Å²) in [4.78, 5) is 24.2. The molecule has 0 radical (unpaired) electrons. The van der Waals surface area contributed by atoms with E-state index in [1.54, 1.807) is 14.0 Å². The van der Waals surface area contributed by atoms with Crippen LogP contribution in [0.4, 0.5) is 0 Å². The third-order valence-corrected chi connectivity index (χ3v) is 3.40. The molecular weight excluding hydrogens is 210 g/mol. The molecule has 1 rings (SSSR count). The first-order valence-corrected chi connectivity index (χ1v) is 5.57. The van der Waals surface area contributed by atoms with Crippen molar-refractivity contribution in [3.05, 3.63) is 0 Å². The lowest BCUT2D eigenvalue weighted by atomic mass is 10.0. The maximum absolute atomic E-state index is 11.9. The van der Waals surface area contributed by atoms with Crippen LogP contribution >= 0.6 is 0 Å². The molecule has 5 nitrogen and oxygen atoms in total. The number of carbonyl (C=O) groups is 2. The smallest absolute Gasteiger partial charge is 0.306 e. The van der Waals surface area contributed by atoms with Gasteiger partial charge in [0, 0.05) is 13.0 Å². The van der Waals surface area contributed by atoms with Gasteiger partial charge >= 0.3 is 5.97 Å². The molecule has 0 heterocycles. The van der Waals surface area contributed by atoms with Crippen molar-refractivity contribution in [2.24, 2.45) is 11.8 Å². The highest BCUT2D eigenvalue weighted by Crippen LogP contribution is 2.32. The Bertz CT molecular complexity index is 279. The second-order valence-electron chi connectivity index (χ2n) is 4.53. The number of likely N-dealkylation sites (N-methyl/N-ethyl adjacent to an activating group) is 1. The Hall–Kier alpha value is -1.10. The number of carbonyl (C=O) groups excluding carboxylic acids is 1. The van der Waals surface area contributed by atoms with E-state index in [9.17, 15) is 9.59 Å². The highest BCUT2D eigenvalue weighted by Gasteiger charge is 2.35. The normalized spacial score (nSPS) is 26.4. The Morgan fingerprint density at radius 1 is 1.38 bits per heavy atom. The number of carboxylic acids is 1. The van der Waals surface area contributed by atoms with Crippen LogP contribution in [0, 0.1) is 11.8 Å². The lowest BCUT2D eigenvalue weighted by molar-refractivity contribution is -0.141. The Morgan fingerprint density at radius 2 is 1.94 bits per heavy atom. The number of hydrogen-bond donors (Lipinski definition) is 2. The summed E-state index contributed by atoms with van der Waals surface area (Å²) in [6.07, 6.45) is 1.64. The van der Waals surface area contributed by atoms with Gasteiger partial charge in [-0.15, -0.1) is 0 Å². The third-order valence-electron chi connectivity index (χ3n) is 3.40. The van der Waals surface area contributed by atoms with E-state index in [2.05, 4.69) is 0 Å². The predicted molar refractivity (Wildman–Crippen MR) is 57.8 cm³/mol. The first kappa shape index (κ1) is 13.0. The number of amides is 1. The lowest BCUT2D eigenvalue weighted by Gasteiger charge is -2.26. The fourth-order valence-electron chi connectivity index (χ4n) is 2.06. The summed E-state index contributed by atoms with van der Waals surface area (Å²) in [7, 11) is 1.65. The summed E-state index contributed by atoms with van der Waals surface area (Å²) >= 11 is 0. The van der Waals surface area contributed by atoms with Crippen LogP contribution in [-0.2, 0) is 9.59 Å². The second-order valence-corrected chi connectivity index (χ2v) is 4.53. The molecule has 1 saturated carbocycles. The Kier molecular flexibility index (Phi) is 4.29.